The SMILES string of the molecule is CC(C)(C)n1c(-c2cc(O)ccc2Cl)n[nH]c1=S. The highest BCUT2D eigenvalue weighted by molar-refractivity contribution is 7.71. The molecule has 0 radical (unpaired) electrons. The molecule has 2 aromatic rings. The Morgan fingerprint density at radius 1 is 1.39 bits per heavy atom. The molecule has 4 nitrogen and oxygen atoms in total. The quantitative estimate of drug-likeness (QED) is 0.784. The summed E-state index contributed by atoms with van der Waals surface area (Å²) in [6.45, 7) is 6.08. The number of phenolic OH excluding ortho intramolecular Hbond substituents is 1. The van der Waals surface area contributed by atoms with Gasteiger partial charge in [0.1, 0.15) is 5.75 Å². The predicted octanol–water partition coefficient (Wildman–Crippen LogP) is 3.72. The van der Waals surface area contributed by atoms with E-state index in [1.807, 2.05) is 25.3 Å². The Kier molecular flexibility index (Phi) is 3.21. The van der Waals surface area contributed by atoms with Crippen molar-refractivity contribution >= 4 is 23.8 Å². The van der Waals surface area contributed by atoms with Gasteiger partial charge in [0.15, 0.2) is 10.6 Å². The van der Waals surface area contributed by atoms with Gasteiger partial charge in [-0.25, -0.2) is 0 Å². The highest BCUT2D eigenvalue weighted by atomic mass is 35.5. The molecule has 2 N–H and O–H groups in total. The van der Waals surface area contributed by atoms with Crippen LogP contribution in [0.25, 0.3) is 11.4 Å². The van der Waals surface area contributed by atoms with Crippen LogP contribution in [0.15, 0.2) is 18.2 Å². The van der Waals surface area contributed by atoms with Crippen molar-refractivity contribution in [1.82, 2.24) is 14.8 Å². The van der Waals surface area contributed by atoms with Crippen LogP contribution in [0.1, 0.15) is 20.8 Å². The van der Waals surface area contributed by atoms with Gasteiger partial charge in [0.2, 0.25) is 0 Å². The number of nitrogens with zero attached hydrogens (tertiary/aromatic N) is 2. The van der Waals surface area contributed by atoms with E-state index in [4.69, 9.17) is 23.8 Å². The molecule has 0 aliphatic heterocycles. The second kappa shape index (κ2) is 4.40. The Balaban J connectivity index is 2.73. The van der Waals surface area contributed by atoms with Gasteiger partial charge in [0.25, 0.3) is 0 Å². The van der Waals surface area contributed by atoms with Crippen LogP contribution in [0.2, 0.25) is 5.02 Å². The molecule has 96 valence electrons. The number of phenols is 1. The zero-order chi connectivity index (χ0) is 13.5. The third kappa shape index (κ3) is 2.28. The highest BCUT2D eigenvalue weighted by Crippen LogP contribution is 2.32. The minimum absolute atomic E-state index is 0.142. The summed E-state index contributed by atoms with van der Waals surface area (Å²) in [4.78, 5) is 0. The molecule has 1 aromatic heterocycles. The fourth-order valence-electron chi connectivity index (χ4n) is 1.78. The summed E-state index contributed by atoms with van der Waals surface area (Å²) in [5, 5.41) is 17.1. The minimum atomic E-state index is -0.228. The Hall–Kier alpha value is -1.33. The molecule has 1 heterocycles. The van der Waals surface area contributed by atoms with E-state index in [0.717, 1.165) is 0 Å². The van der Waals surface area contributed by atoms with Crippen LogP contribution in [0.4, 0.5) is 0 Å². The third-order valence-electron chi connectivity index (χ3n) is 2.53. The molecule has 0 atom stereocenters. The Morgan fingerprint density at radius 3 is 2.67 bits per heavy atom. The van der Waals surface area contributed by atoms with E-state index in [1.165, 1.54) is 6.07 Å². The summed E-state index contributed by atoms with van der Waals surface area (Å²) in [7, 11) is 0. The van der Waals surface area contributed by atoms with Gasteiger partial charge < -0.3 is 5.11 Å². The second-order valence-electron chi connectivity index (χ2n) is 5.02. The lowest BCUT2D eigenvalue weighted by molar-refractivity contribution is 0.395. The third-order valence-corrected chi connectivity index (χ3v) is 3.14. The van der Waals surface area contributed by atoms with Gasteiger partial charge >= 0.3 is 0 Å². The minimum Gasteiger partial charge on any atom is -0.508 e. The van der Waals surface area contributed by atoms with Gasteiger partial charge in [-0.05, 0) is 51.2 Å². The number of benzene rings is 1. The van der Waals surface area contributed by atoms with E-state index < -0.39 is 0 Å². The molecule has 0 aliphatic carbocycles. The van der Waals surface area contributed by atoms with Crippen LogP contribution in [0, 0.1) is 4.77 Å². The summed E-state index contributed by atoms with van der Waals surface area (Å²) in [5.41, 5.74) is 0.424. The molecule has 0 fully saturated rings. The van der Waals surface area contributed by atoms with Crippen molar-refractivity contribution in [3.8, 4) is 17.1 Å². The molecule has 0 saturated carbocycles. The highest BCUT2D eigenvalue weighted by Gasteiger charge is 2.21. The summed E-state index contributed by atoms with van der Waals surface area (Å²) < 4.78 is 2.40. The number of H-pyrrole nitrogens is 1. The van der Waals surface area contributed by atoms with E-state index >= 15 is 0 Å². The summed E-state index contributed by atoms with van der Waals surface area (Å²) >= 11 is 11.4. The van der Waals surface area contributed by atoms with Gasteiger partial charge in [0, 0.05) is 11.1 Å². The zero-order valence-corrected chi connectivity index (χ0v) is 11.9. The Morgan fingerprint density at radius 2 is 2.06 bits per heavy atom. The molecule has 1 aromatic carbocycles. The van der Waals surface area contributed by atoms with Crippen molar-refractivity contribution < 1.29 is 5.11 Å². The number of nitrogens with one attached hydrogen (secondary N) is 1. The maximum Gasteiger partial charge on any atom is 0.195 e. The number of hydrogen-bond acceptors (Lipinski definition) is 3. The molecule has 0 unspecified atom stereocenters. The van der Waals surface area contributed by atoms with Crippen LogP contribution in [-0.4, -0.2) is 19.9 Å². The smallest absolute Gasteiger partial charge is 0.195 e. The van der Waals surface area contributed by atoms with Crippen LogP contribution in [0.3, 0.4) is 0 Å². The Bertz CT molecular complexity index is 640. The first-order valence-electron chi connectivity index (χ1n) is 5.47. The second-order valence-corrected chi connectivity index (χ2v) is 5.82. The summed E-state index contributed by atoms with van der Waals surface area (Å²) in [6, 6.07) is 4.75. The fraction of sp³-hybridized carbons (Fsp3) is 0.333. The average molecular weight is 284 g/mol. The fourth-order valence-corrected chi connectivity index (χ4v) is 2.39. The zero-order valence-electron chi connectivity index (χ0n) is 10.4. The summed E-state index contributed by atoms with van der Waals surface area (Å²) in [5.74, 6) is 0.761. The van der Waals surface area contributed by atoms with Crippen molar-refractivity contribution in [3.05, 3.63) is 28.0 Å². The van der Waals surface area contributed by atoms with Crippen LogP contribution in [-0.2, 0) is 5.54 Å². The first-order chi connectivity index (χ1) is 8.30. The molecule has 0 saturated heterocycles. The first-order valence-corrected chi connectivity index (χ1v) is 6.26. The lowest BCUT2D eigenvalue weighted by atomic mass is 10.1. The van der Waals surface area contributed by atoms with Crippen molar-refractivity contribution in [2.24, 2.45) is 0 Å². The summed E-state index contributed by atoms with van der Waals surface area (Å²) in [6.07, 6.45) is 0. The molecular formula is C12H14ClN3OS. The largest absolute Gasteiger partial charge is 0.508 e. The van der Waals surface area contributed by atoms with Gasteiger partial charge in [-0.1, -0.05) is 11.6 Å². The predicted molar refractivity (Wildman–Crippen MR) is 74.5 cm³/mol. The van der Waals surface area contributed by atoms with Gasteiger partial charge in [-0.15, -0.1) is 0 Å². The number of aromatic hydroxyl groups is 1. The lowest BCUT2D eigenvalue weighted by Crippen LogP contribution is -2.23. The van der Waals surface area contributed by atoms with Crippen LogP contribution >= 0.6 is 23.8 Å². The number of rotatable bonds is 1. The molecular weight excluding hydrogens is 270 g/mol. The normalized spacial score (nSPS) is 11.8. The van der Waals surface area contributed by atoms with Gasteiger partial charge in [-0.3, -0.25) is 9.67 Å². The van der Waals surface area contributed by atoms with E-state index in [2.05, 4.69) is 10.2 Å². The topological polar surface area (TPSA) is 53.8 Å². The molecule has 0 spiro atoms. The van der Waals surface area contributed by atoms with Gasteiger partial charge in [0.05, 0.1) is 5.02 Å². The van der Waals surface area contributed by atoms with E-state index in [1.54, 1.807) is 12.1 Å². The van der Waals surface area contributed by atoms with Crippen molar-refractivity contribution in [2.75, 3.05) is 0 Å². The Labute approximate surface area is 115 Å². The van der Waals surface area contributed by atoms with E-state index in [-0.39, 0.29) is 11.3 Å². The number of halogens is 1. The maximum atomic E-state index is 9.57. The van der Waals surface area contributed by atoms with Crippen LogP contribution in [0.5, 0.6) is 5.75 Å². The first kappa shape index (κ1) is 13.1. The number of hydrogen-bond donors (Lipinski definition) is 2. The molecule has 18 heavy (non-hydrogen) atoms. The van der Waals surface area contributed by atoms with Crippen molar-refractivity contribution in [1.29, 1.82) is 0 Å². The number of aromatic amines is 1. The molecule has 0 amide bonds. The molecule has 2 rings (SSSR count). The van der Waals surface area contributed by atoms with Gasteiger partial charge in [-0.2, -0.15) is 5.10 Å². The standard InChI is InChI=1S/C12H14ClN3OS/c1-12(2,3)16-10(14-15-11(16)18)8-6-7(17)4-5-9(8)13/h4-6,17H,1-3H3,(H,15,18). The molecule has 0 aliphatic rings. The van der Waals surface area contributed by atoms with Crippen molar-refractivity contribution in [3.63, 3.8) is 0 Å². The average Bonchev–Trinajstić information content (AvgIpc) is 2.63. The van der Waals surface area contributed by atoms with Crippen LogP contribution < -0.4 is 0 Å². The van der Waals surface area contributed by atoms with E-state index in [9.17, 15) is 5.11 Å². The van der Waals surface area contributed by atoms with E-state index in [0.29, 0.717) is 21.2 Å². The lowest BCUT2D eigenvalue weighted by Gasteiger charge is -2.22. The number of aromatic nitrogens is 3. The maximum absolute atomic E-state index is 9.57. The monoisotopic (exact) mass is 283 g/mol. The molecule has 0 bridgehead atoms. The van der Waals surface area contributed by atoms with Crippen molar-refractivity contribution in [2.45, 2.75) is 26.3 Å². The molecule has 6 heteroatoms.